The molecule has 0 radical (unpaired) electrons. The number of aromatic nitrogens is 3. The Hall–Kier alpha value is -3.94. The molecule has 7 nitrogen and oxygen atoms in total. The quantitative estimate of drug-likeness (QED) is 0.424. The Bertz CT molecular complexity index is 1270. The van der Waals surface area contributed by atoms with Crippen LogP contribution in [0.15, 0.2) is 53.1 Å². The van der Waals surface area contributed by atoms with Gasteiger partial charge in [-0.15, -0.1) is 0 Å². The molecule has 4 aromatic rings. The van der Waals surface area contributed by atoms with Crippen LogP contribution in [0, 0.1) is 33.5 Å². The van der Waals surface area contributed by atoms with E-state index in [1.54, 1.807) is 41.1 Å². The molecule has 0 aliphatic rings. The fraction of sp³-hybridized carbons (Fsp3) is 0.240. The number of halogens is 1. The molecule has 1 amide bonds. The SMILES string of the molecule is Cc1noc(C)c1COc1cccc(C(=O)Nc2c(C)nn(Cc3ccc(F)cc3)c2C)c1. The van der Waals surface area contributed by atoms with E-state index in [0.29, 0.717) is 41.6 Å². The second kappa shape index (κ2) is 9.28. The van der Waals surface area contributed by atoms with Gasteiger partial charge in [-0.05, 0) is 63.6 Å². The van der Waals surface area contributed by atoms with Crippen molar-refractivity contribution in [3.05, 3.63) is 93.9 Å². The number of hydrogen-bond donors (Lipinski definition) is 1. The van der Waals surface area contributed by atoms with Gasteiger partial charge in [-0.25, -0.2) is 4.39 Å². The molecule has 0 fully saturated rings. The number of carbonyl (C=O) groups excluding carboxylic acids is 1. The normalized spacial score (nSPS) is 10.9. The molecular weight excluding hydrogens is 423 g/mol. The molecule has 1 N–H and O–H groups in total. The summed E-state index contributed by atoms with van der Waals surface area (Å²) in [5, 5.41) is 11.4. The van der Waals surface area contributed by atoms with E-state index in [2.05, 4.69) is 15.6 Å². The van der Waals surface area contributed by atoms with E-state index in [4.69, 9.17) is 9.26 Å². The lowest BCUT2D eigenvalue weighted by Crippen LogP contribution is -2.13. The van der Waals surface area contributed by atoms with Gasteiger partial charge in [-0.3, -0.25) is 9.48 Å². The third-order valence-corrected chi connectivity index (χ3v) is 5.53. The topological polar surface area (TPSA) is 82.2 Å². The summed E-state index contributed by atoms with van der Waals surface area (Å²) >= 11 is 0. The summed E-state index contributed by atoms with van der Waals surface area (Å²) in [5.74, 6) is 0.747. The summed E-state index contributed by atoms with van der Waals surface area (Å²) < 4.78 is 26.0. The maximum Gasteiger partial charge on any atom is 0.255 e. The molecule has 170 valence electrons. The summed E-state index contributed by atoms with van der Waals surface area (Å²) in [6.07, 6.45) is 0. The maximum atomic E-state index is 13.2. The second-order valence-electron chi connectivity index (χ2n) is 7.90. The molecular formula is C25H25FN4O3. The van der Waals surface area contributed by atoms with Crippen molar-refractivity contribution in [2.24, 2.45) is 0 Å². The highest BCUT2D eigenvalue weighted by Crippen LogP contribution is 2.23. The predicted octanol–water partition coefficient (Wildman–Crippen LogP) is 5.12. The van der Waals surface area contributed by atoms with Crippen LogP contribution in [-0.2, 0) is 13.2 Å². The molecule has 8 heteroatoms. The smallest absolute Gasteiger partial charge is 0.255 e. The zero-order valence-corrected chi connectivity index (χ0v) is 19.0. The van der Waals surface area contributed by atoms with E-state index in [1.165, 1.54) is 12.1 Å². The van der Waals surface area contributed by atoms with Crippen molar-refractivity contribution in [2.45, 2.75) is 40.8 Å². The molecule has 0 saturated carbocycles. The predicted molar refractivity (Wildman–Crippen MR) is 122 cm³/mol. The lowest BCUT2D eigenvalue weighted by Gasteiger charge is -2.10. The minimum atomic E-state index is -0.280. The average molecular weight is 448 g/mol. The van der Waals surface area contributed by atoms with Crippen molar-refractivity contribution >= 4 is 11.6 Å². The highest BCUT2D eigenvalue weighted by atomic mass is 19.1. The Labute approximate surface area is 191 Å². The number of nitrogens with one attached hydrogen (secondary N) is 1. The van der Waals surface area contributed by atoms with Crippen molar-refractivity contribution < 1.29 is 18.4 Å². The number of ether oxygens (including phenoxy) is 1. The van der Waals surface area contributed by atoms with E-state index in [9.17, 15) is 9.18 Å². The molecule has 0 bridgehead atoms. The molecule has 2 heterocycles. The number of hydrogen-bond acceptors (Lipinski definition) is 5. The van der Waals surface area contributed by atoms with Crippen molar-refractivity contribution in [3.8, 4) is 5.75 Å². The van der Waals surface area contributed by atoms with Crippen molar-refractivity contribution in [1.82, 2.24) is 14.9 Å². The Kier molecular flexibility index (Phi) is 6.26. The number of aryl methyl sites for hydroxylation is 3. The van der Waals surface area contributed by atoms with Crippen LogP contribution in [0.3, 0.4) is 0 Å². The Morgan fingerprint density at radius 3 is 2.55 bits per heavy atom. The van der Waals surface area contributed by atoms with Gasteiger partial charge in [0.25, 0.3) is 5.91 Å². The van der Waals surface area contributed by atoms with Gasteiger partial charge < -0.3 is 14.6 Å². The zero-order chi connectivity index (χ0) is 23.5. The molecule has 0 aliphatic heterocycles. The number of amides is 1. The van der Waals surface area contributed by atoms with Crippen LogP contribution in [0.2, 0.25) is 0 Å². The molecule has 2 aromatic carbocycles. The number of nitrogens with zero attached hydrogens (tertiary/aromatic N) is 3. The first-order chi connectivity index (χ1) is 15.8. The average Bonchev–Trinajstić information content (AvgIpc) is 3.26. The van der Waals surface area contributed by atoms with Crippen LogP contribution in [0.1, 0.15) is 44.3 Å². The van der Waals surface area contributed by atoms with E-state index in [-0.39, 0.29) is 11.7 Å². The molecule has 2 aromatic heterocycles. The summed E-state index contributed by atoms with van der Waals surface area (Å²) in [4.78, 5) is 12.9. The van der Waals surface area contributed by atoms with Gasteiger partial charge in [0.05, 0.1) is 34.9 Å². The summed E-state index contributed by atoms with van der Waals surface area (Å²) in [5.41, 5.74) is 5.24. The van der Waals surface area contributed by atoms with Crippen molar-refractivity contribution in [3.63, 3.8) is 0 Å². The van der Waals surface area contributed by atoms with Crippen molar-refractivity contribution in [1.29, 1.82) is 0 Å². The largest absolute Gasteiger partial charge is 0.489 e. The highest BCUT2D eigenvalue weighted by molar-refractivity contribution is 6.05. The van der Waals surface area contributed by atoms with E-state index >= 15 is 0 Å². The Morgan fingerprint density at radius 1 is 1.09 bits per heavy atom. The molecule has 33 heavy (non-hydrogen) atoms. The first kappa shape index (κ1) is 22.3. The van der Waals surface area contributed by atoms with E-state index < -0.39 is 0 Å². The Morgan fingerprint density at radius 2 is 1.85 bits per heavy atom. The summed E-state index contributed by atoms with van der Waals surface area (Å²) in [6, 6.07) is 13.3. The number of carbonyl (C=O) groups is 1. The molecule has 0 spiro atoms. The highest BCUT2D eigenvalue weighted by Gasteiger charge is 2.16. The minimum Gasteiger partial charge on any atom is -0.489 e. The lowest BCUT2D eigenvalue weighted by molar-refractivity contribution is 0.102. The maximum absolute atomic E-state index is 13.2. The molecule has 4 rings (SSSR count). The van der Waals surface area contributed by atoms with Crippen LogP contribution >= 0.6 is 0 Å². The number of anilines is 1. The molecule has 0 aliphatic carbocycles. The van der Waals surface area contributed by atoms with Gasteiger partial charge in [0, 0.05) is 5.56 Å². The zero-order valence-electron chi connectivity index (χ0n) is 19.0. The second-order valence-corrected chi connectivity index (χ2v) is 7.90. The van der Waals surface area contributed by atoms with Crippen molar-refractivity contribution in [2.75, 3.05) is 5.32 Å². The molecule has 0 atom stereocenters. The first-order valence-electron chi connectivity index (χ1n) is 10.6. The van der Waals surface area contributed by atoms with Crippen LogP contribution in [0.4, 0.5) is 10.1 Å². The molecule has 0 saturated heterocycles. The van der Waals surface area contributed by atoms with E-state index in [1.807, 2.05) is 27.7 Å². The van der Waals surface area contributed by atoms with Crippen LogP contribution in [-0.4, -0.2) is 20.8 Å². The first-order valence-corrected chi connectivity index (χ1v) is 10.6. The van der Waals surface area contributed by atoms with Crippen LogP contribution < -0.4 is 10.1 Å². The summed E-state index contributed by atoms with van der Waals surface area (Å²) in [6.45, 7) is 8.22. The number of rotatable bonds is 7. The third kappa shape index (κ3) is 4.95. The van der Waals surface area contributed by atoms with Gasteiger partial charge in [0.2, 0.25) is 0 Å². The molecule has 0 unspecified atom stereocenters. The van der Waals surface area contributed by atoms with Gasteiger partial charge in [-0.1, -0.05) is 23.4 Å². The fourth-order valence-electron chi connectivity index (χ4n) is 3.57. The third-order valence-electron chi connectivity index (χ3n) is 5.53. The van der Waals surface area contributed by atoms with Gasteiger partial charge in [-0.2, -0.15) is 5.10 Å². The number of benzene rings is 2. The fourth-order valence-corrected chi connectivity index (χ4v) is 3.57. The van der Waals surface area contributed by atoms with Crippen LogP contribution in [0.5, 0.6) is 5.75 Å². The van der Waals surface area contributed by atoms with Crippen LogP contribution in [0.25, 0.3) is 0 Å². The van der Waals surface area contributed by atoms with Gasteiger partial charge >= 0.3 is 0 Å². The standard InChI is InChI=1S/C25H25FN4O3/c1-15-23(18(4)33-29-15)14-32-22-7-5-6-20(12-22)25(31)27-24-16(2)28-30(17(24)3)13-19-8-10-21(26)11-9-19/h5-12H,13-14H2,1-4H3,(H,27,31). The monoisotopic (exact) mass is 448 g/mol. The Balaban J connectivity index is 1.46. The summed E-state index contributed by atoms with van der Waals surface area (Å²) in [7, 11) is 0. The van der Waals surface area contributed by atoms with Gasteiger partial charge in [0.15, 0.2) is 0 Å². The van der Waals surface area contributed by atoms with Gasteiger partial charge in [0.1, 0.15) is 23.9 Å². The minimum absolute atomic E-state index is 0.259. The van der Waals surface area contributed by atoms with E-state index in [0.717, 1.165) is 22.5 Å². The lowest BCUT2D eigenvalue weighted by atomic mass is 10.2.